The van der Waals surface area contributed by atoms with Crippen LogP contribution in [-0.4, -0.2) is 52.8 Å². The van der Waals surface area contributed by atoms with Crippen LogP contribution in [0.4, 0.5) is 5.69 Å². The Morgan fingerprint density at radius 1 is 1.48 bits per heavy atom. The lowest BCUT2D eigenvalue weighted by Crippen LogP contribution is -2.36. The maximum atomic E-state index is 12.0. The van der Waals surface area contributed by atoms with E-state index in [1.165, 1.54) is 11.0 Å². The fourth-order valence-electron chi connectivity index (χ4n) is 1.59. The molecule has 1 amide bonds. The van der Waals surface area contributed by atoms with Crippen LogP contribution in [0.25, 0.3) is 0 Å². The van der Waals surface area contributed by atoms with Crippen LogP contribution in [0.5, 0.6) is 0 Å². The van der Waals surface area contributed by atoms with Gasteiger partial charge in [-0.1, -0.05) is 12.2 Å². The first kappa shape index (κ1) is 17.1. The lowest BCUT2D eigenvalue weighted by Gasteiger charge is -2.18. The molecule has 0 fully saturated rings. The van der Waals surface area contributed by atoms with E-state index >= 15 is 0 Å². The van der Waals surface area contributed by atoms with E-state index in [2.05, 4.69) is 5.10 Å². The Bertz CT molecular complexity index is 572. The Hall–Kier alpha value is -1.96. The predicted molar refractivity (Wildman–Crippen MR) is 86.5 cm³/mol. The summed E-state index contributed by atoms with van der Waals surface area (Å²) in [6.45, 7) is 3.08. The lowest BCUT2D eigenvalue weighted by atomic mass is 10.3. The van der Waals surface area contributed by atoms with Crippen molar-refractivity contribution in [1.82, 2.24) is 14.7 Å². The highest BCUT2D eigenvalue weighted by molar-refractivity contribution is 7.80. The van der Waals surface area contributed by atoms with Crippen molar-refractivity contribution >= 4 is 28.8 Å². The summed E-state index contributed by atoms with van der Waals surface area (Å²) in [7, 11) is 3.51. The molecule has 0 unspecified atom stereocenters. The average Bonchev–Trinajstić information content (AvgIpc) is 2.45. The maximum absolute atomic E-state index is 12.0. The first-order valence-electron chi connectivity index (χ1n) is 6.65. The molecule has 8 heteroatoms. The fourth-order valence-corrected chi connectivity index (χ4v) is 1.68. The van der Waals surface area contributed by atoms with Gasteiger partial charge in [0.25, 0.3) is 5.56 Å². The summed E-state index contributed by atoms with van der Waals surface area (Å²) in [6, 6.07) is 1.47. The Labute approximate surface area is 129 Å². The zero-order valence-electron chi connectivity index (χ0n) is 12.6. The molecular formula is C13H21N5O2S. The van der Waals surface area contributed by atoms with Gasteiger partial charge >= 0.3 is 0 Å². The summed E-state index contributed by atoms with van der Waals surface area (Å²) in [5.74, 6) is -0.211. The van der Waals surface area contributed by atoms with Crippen molar-refractivity contribution in [1.29, 1.82) is 0 Å². The molecule has 1 aromatic heterocycles. The summed E-state index contributed by atoms with van der Waals surface area (Å²) in [6.07, 6.45) is 2.04. The van der Waals surface area contributed by atoms with Gasteiger partial charge in [0.1, 0.15) is 6.54 Å². The summed E-state index contributed by atoms with van der Waals surface area (Å²) < 4.78 is 1.15. The van der Waals surface area contributed by atoms with E-state index in [4.69, 9.17) is 18.0 Å². The fraction of sp³-hybridized carbons (Fsp3) is 0.538. The zero-order chi connectivity index (χ0) is 16.0. The van der Waals surface area contributed by atoms with Gasteiger partial charge in [0.05, 0.1) is 16.9 Å². The van der Waals surface area contributed by atoms with Crippen molar-refractivity contribution in [2.75, 3.05) is 32.1 Å². The molecule has 0 aliphatic carbocycles. The first-order chi connectivity index (χ1) is 9.85. The summed E-state index contributed by atoms with van der Waals surface area (Å²) in [5.41, 5.74) is 5.82. The van der Waals surface area contributed by atoms with Gasteiger partial charge in [0, 0.05) is 39.7 Å². The standard InChI is InChI=1S/C13H21N5O2S/c1-4-16(2)10-7-12(19)18(15-8-10)9-13(20)17(3)6-5-11(14)21/h7-8H,4-6,9H2,1-3H3,(H2,14,21). The number of rotatable bonds is 7. The number of likely N-dealkylation sites (N-methyl/N-ethyl adjacent to an activating group) is 1. The Balaban J connectivity index is 2.72. The van der Waals surface area contributed by atoms with E-state index in [0.717, 1.165) is 16.9 Å². The second-order valence-corrected chi connectivity index (χ2v) is 5.28. The van der Waals surface area contributed by atoms with E-state index in [0.29, 0.717) is 18.0 Å². The molecule has 0 aromatic carbocycles. The van der Waals surface area contributed by atoms with Crippen LogP contribution in [0.1, 0.15) is 13.3 Å². The predicted octanol–water partition coefficient (Wildman–Crippen LogP) is -0.166. The van der Waals surface area contributed by atoms with Crippen LogP contribution in [0.3, 0.4) is 0 Å². The molecule has 1 aromatic rings. The third kappa shape index (κ3) is 5.14. The quantitative estimate of drug-likeness (QED) is 0.704. The van der Waals surface area contributed by atoms with Crippen LogP contribution in [0.15, 0.2) is 17.1 Å². The smallest absolute Gasteiger partial charge is 0.269 e. The van der Waals surface area contributed by atoms with Crippen molar-refractivity contribution in [3.63, 3.8) is 0 Å². The molecule has 21 heavy (non-hydrogen) atoms. The number of carbonyl (C=O) groups is 1. The molecule has 1 rings (SSSR count). The molecule has 0 radical (unpaired) electrons. The molecule has 0 spiro atoms. The van der Waals surface area contributed by atoms with Gasteiger partial charge < -0.3 is 15.5 Å². The second kappa shape index (κ2) is 7.72. The topological polar surface area (TPSA) is 84.5 Å². The second-order valence-electron chi connectivity index (χ2n) is 4.76. The van der Waals surface area contributed by atoms with E-state index < -0.39 is 0 Å². The van der Waals surface area contributed by atoms with E-state index in [1.54, 1.807) is 13.2 Å². The van der Waals surface area contributed by atoms with Crippen LogP contribution < -0.4 is 16.2 Å². The third-order valence-electron chi connectivity index (χ3n) is 3.17. The molecular weight excluding hydrogens is 290 g/mol. The summed E-state index contributed by atoms with van der Waals surface area (Å²) in [5, 5.41) is 4.03. The van der Waals surface area contributed by atoms with Crippen LogP contribution in [0.2, 0.25) is 0 Å². The minimum absolute atomic E-state index is 0.0945. The number of aromatic nitrogens is 2. The number of nitrogens with zero attached hydrogens (tertiary/aromatic N) is 4. The number of thiocarbonyl (C=S) groups is 1. The molecule has 0 aliphatic heterocycles. The van der Waals surface area contributed by atoms with E-state index in [-0.39, 0.29) is 18.0 Å². The molecule has 0 saturated heterocycles. The van der Waals surface area contributed by atoms with E-state index in [9.17, 15) is 9.59 Å². The van der Waals surface area contributed by atoms with Gasteiger partial charge in [-0.2, -0.15) is 5.10 Å². The number of hydrogen-bond donors (Lipinski definition) is 1. The monoisotopic (exact) mass is 311 g/mol. The van der Waals surface area contributed by atoms with Gasteiger partial charge in [0.15, 0.2) is 0 Å². The molecule has 0 saturated carbocycles. The maximum Gasteiger partial charge on any atom is 0.269 e. The Morgan fingerprint density at radius 2 is 2.14 bits per heavy atom. The van der Waals surface area contributed by atoms with Crippen LogP contribution in [-0.2, 0) is 11.3 Å². The highest BCUT2D eigenvalue weighted by Crippen LogP contribution is 2.05. The van der Waals surface area contributed by atoms with Crippen LogP contribution >= 0.6 is 12.2 Å². The van der Waals surface area contributed by atoms with Gasteiger partial charge in [-0.25, -0.2) is 4.68 Å². The summed E-state index contributed by atoms with van der Waals surface area (Å²) in [4.78, 5) is 27.7. The van der Waals surface area contributed by atoms with Crippen molar-refractivity contribution in [2.45, 2.75) is 19.9 Å². The molecule has 0 bridgehead atoms. The van der Waals surface area contributed by atoms with Gasteiger partial charge in [0.2, 0.25) is 5.91 Å². The van der Waals surface area contributed by atoms with Crippen molar-refractivity contribution in [3.8, 4) is 0 Å². The molecule has 2 N–H and O–H groups in total. The van der Waals surface area contributed by atoms with Gasteiger partial charge in [-0.05, 0) is 6.92 Å². The zero-order valence-corrected chi connectivity index (χ0v) is 13.4. The number of nitrogens with two attached hydrogens (primary N) is 1. The highest BCUT2D eigenvalue weighted by atomic mass is 32.1. The first-order valence-corrected chi connectivity index (χ1v) is 7.06. The van der Waals surface area contributed by atoms with Gasteiger partial charge in [-0.3, -0.25) is 9.59 Å². The molecule has 0 aliphatic rings. The highest BCUT2D eigenvalue weighted by Gasteiger charge is 2.12. The Kier molecular flexibility index (Phi) is 6.29. The normalized spacial score (nSPS) is 10.2. The number of amides is 1. The average molecular weight is 311 g/mol. The largest absolute Gasteiger partial charge is 0.393 e. The number of hydrogen-bond acceptors (Lipinski definition) is 5. The minimum Gasteiger partial charge on any atom is -0.393 e. The number of carbonyl (C=O) groups excluding carboxylic acids is 1. The minimum atomic E-state index is -0.302. The summed E-state index contributed by atoms with van der Waals surface area (Å²) >= 11 is 4.77. The van der Waals surface area contributed by atoms with Crippen molar-refractivity contribution in [2.24, 2.45) is 5.73 Å². The van der Waals surface area contributed by atoms with Crippen LogP contribution in [0, 0.1) is 0 Å². The molecule has 0 atom stereocenters. The molecule has 7 nitrogen and oxygen atoms in total. The molecule has 116 valence electrons. The Morgan fingerprint density at radius 3 is 2.67 bits per heavy atom. The SMILES string of the molecule is CCN(C)c1cnn(CC(=O)N(C)CCC(N)=S)c(=O)c1. The third-order valence-corrected chi connectivity index (χ3v) is 3.38. The van der Waals surface area contributed by atoms with Crippen molar-refractivity contribution < 1.29 is 4.79 Å². The molecule has 1 heterocycles. The number of anilines is 1. The van der Waals surface area contributed by atoms with E-state index in [1.807, 2.05) is 18.9 Å². The van der Waals surface area contributed by atoms with Crippen molar-refractivity contribution in [3.05, 3.63) is 22.6 Å². The lowest BCUT2D eigenvalue weighted by molar-refractivity contribution is -0.130. The van der Waals surface area contributed by atoms with Gasteiger partial charge in [-0.15, -0.1) is 0 Å².